The number of hydrogen-bond donors (Lipinski definition) is 0. The summed E-state index contributed by atoms with van der Waals surface area (Å²) in [6.07, 6.45) is 0. The second-order valence-electron chi connectivity index (χ2n) is 16.1. The van der Waals surface area contributed by atoms with Gasteiger partial charge in [-0.1, -0.05) is 188 Å². The molecule has 0 saturated heterocycles. The number of rotatable bonds is 6. The van der Waals surface area contributed by atoms with E-state index in [1.165, 1.54) is 92.7 Å². The molecule has 0 spiro atoms. The van der Waals surface area contributed by atoms with E-state index >= 15 is 0 Å². The van der Waals surface area contributed by atoms with Gasteiger partial charge in [0.05, 0.1) is 21.5 Å². The Balaban J connectivity index is 1.17. The van der Waals surface area contributed by atoms with E-state index < -0.39 is 5.41 Å². The highest BCUT2D eigenvalue weighted by Gasteiger charge is 2.47. The van der Waals surface area contributed by atoms with Gasteiger partial charge in [-0.05, 0) is 92.9 Å². The normalized spacial score (nSPS) is 15.7. The molecule has 10 aromatic rings. The molecule has 0 aliphatic heterocycles. The molecular formula is C57H39NS. The van der Waals surface area contributed by atoms with Gasteiger partial charge in [0.1, 0.15) is 0 Å². The number of thiophene rings is 1. The van der Waals surface area contributed by atoms with Crippen molar-refractivity contribution in [2.75, 3.05) is 4.90 Å². The lowest BCUT2D eigenvalue weighted by atomic mass is 9.68. The third-order valence-corrected chi connectivity index (χ3v) is 14.4. The molecule has 0 bridgehead atoms. The summed E-state index contributed by atoms with van der Waals surface area (Å²) < 4.78 is 2.58. The van der Waals surface area contributed by atoms with Gasteiger partial charge in [0, 0.05) is 32.1 Å². The minimum atomic E-state index is -0.465. The Morgan fingerprint density at radius 1 is 0.390 bits per heavy atom. The van der Waals surface area contributed by atoms with Crippen molar-refractivity contribution in [2.45, 2.75) is 17.8 Å². The van der Waals surface area contributed by atoms with Crippen LogP contribution in [0, 0.1) is 0 Å². The third kappa shape index (κ3) is 4.72. The highest BCUT2D eigenvalue weighted by Crippen LogP contribution is 2.60. The maximum Gasteiger partial charge on any atom is 0.0713 e. The van der Waals surface area contributed by atoms with Gasteiger partial charge in [-0.3, -0.25) is 0 Å². The van der Waals surface area contributed by atoms with Gasteiger partial charge >= 0.3 is 0 Å². The van der Waals surface area contributed by atoms with Crippen molar-refractivity contribution in [2.24, 2.45) is 0 Å². The minimum Gasteiger partial charge on any atom is -0.308 e. The molecule has 1 nitrogen and oxygen atoms in total. The summed E-state index contributed by atoms with van der Waals surface area (Å²) in [7, 11) is 0. The average molecular weight is 770 g/mol. The summed E-state index contributed by atoms with van der Waals surface area (Å²) in [5.74, 6) is 0. The van der Waals surface area contributed by atoms with Crippen LogP contribution in [0.1, 0.15) is 45.9 Å². The Morgan fingerprint density at radius 2 is 0.932 bits per heavy atom. The highest BCUT2D eigenvalue weighted by molar-refractivity contribution is 7.26. The molecule has 1 aromatic heterocycles. The first kappa shape index (κ1) is 34.1. The summed E-state index contributed by atoms with van der Waals surface area (Å²) >= 11 is 1.89. The summed E-state index contributed by atoms with van der Waals surface area (Å²) in [6, 6.07) is 81.3. The molecule has 1 heterocycles. The van der Waals surface area contributed by atoms with E-state index in [4.69, 9.17) is 0 Å². The van der Waals surface area contributed by atoms with Crippen LogP contribution in [-0.4, -0.2) is 0 Å². The molecular weight excluding hydrogens is 731 g/mol. The van der Waals surface area contributed by atoms with Crippen LogP contribution in [0.2, 0.25) is 0 Å². The number of hydrogen-bond acceptors (Lipinski definition) is 2. The highest BCUT2D eigenvalue weighted by atomic mass is 32.1. The van der Waals surface area contributed by atoms with Crippen molar-refractivity contribution in [1.29, 1.82) is 0 Å². The predicted molar refractivity (Wildman–Crippen MR) is 249 cm³/mol. The molecule has 2 heteroatoms. The van der Waals surface area contributed by atoms with Crippen LogP contribution in [0.3, 0.4) is 0 Å². The molecule has 12 rings (SSSR count). The van der Waals surface area contributed by atoms with Crippen LogP contribution in [0.15, 0.2) is 218 Å². The lowest BCUT2D eigenvalue weighted by Gasteiger charge is -2.34. The van der Waals surface area contributed by atoms with Crippen LogP contribution in [-0.2, 0) is 10.8 Å². The van der Waals surface area contributed by atoms with Gasteiger partial charge < -0.3 is 4.90 Å². The van der Waals surface area contributed by atoms with E-state index in [2.05, 4.69) is 230 Å². The average Bonchev–Trinajstić information content (AvgIpc) is 3.93. The van der Waals surface area contributed by atoms with Crippen molar-refractivity contribution >= 4 is 48.6 Å². The first-order valence-electron chi connectivity index (χ1n) is 20.5. The molecule has 0 saturated carbocycles. The van der Waals surface area contributed by atoms with E-state index in [0.29, 0.717) is 0 Å². The number of anilines is 3. The van der Waals surface area contributed by atoms with Crippen LogP contribution in [0.25, 0.3) is 42.4 Å². The molecule has 0 radical (unpaired) electrons. The van der Waals surface area contributed by atoms with Crippen LogP contribution in [0.5, 0.6) is 0 Å². The zero-order chi connectivity index (χ0) is 39.1. The molecule has 2 aliphatic carbocycles. The molecule has 278 valence electrons. The topological polar surface area (TPSA) is 3.24 Å². The van der Waals surface area contributed by atoms with Crippen molar-refractivity contribution in [3.05, 3.63) is 257 Å². The Hall–Kier alpha value is -7.00. The summed E-state index contributed by atoms with van der Waals surface area (Å²) in [5, 5.41) is 2.59. The van der Waals surface area contributed by atoms with Crippen molar-refractivity contribution < 1.29 is 0 Å². The van der Waals surface area contributed by atoms with E-state index in [1.54, 1.807) is 0 Å². The zero-order valence-corrected chi connectivity index (χ0v) is 33.5. The predicted octanol–water partition coefficient (Wildman–Crippen LogP) is 15.2. The lowest BCUT2D eigenvalue weighted by Crippen LogP contribution is -2.28. The Labute approximate surface area is 349 Å². The lowest BCUT2D eigenvalue weighted by molar-refractivity contribution is 0.714. The number of benzene rings is 9. The second kappa shape index (κ2) is 13.0. The first-order valence-corrected chi connectivity index (χ1v) is 21.3. The van der Waals surface area contributed by atoms with Gasteiger partial charge in [-0.2, -0.15) is 0 Å². The van der Waals surface area contributed by atoms with Crippen molar-refractivity contribution in [3.8, 4) is 22.3 Å². The second-order valence-corrected chi connectivity index (χ2v) is 17.1. The maximum atomic E-state index is 2.57. The molecule has 0 amide bonds. The maximum absolute atomic E-state index is 2.57. The number of nitrogens with zero attached hydrogens (tertiary/aromatic N) is 1. The fourth-order valence-corrected chi connectivity index (χ4v) is 11.9. The van der Waals surface area contributed by atoms with Crippen LogP contribution in [0.4, 0.5) is 17.1 Å². The van der Waals surface area contributed by atoms with Gasteiger partial charge in [0.2, 0.25) is 0 Å². The summed E-state index contributed by atoms with van der Waals surface area (Å²) in [5.41, 5.74) is 17.0. The molecule has 1 atom stereocenters. The molecule has 1 unspecified atom stereocenters. The standard InChI is InChI=1S/C57H39NS/c1-56(38-19-5-2-6-20-38)47-29-14-12-27-45(47)54-50(56)31-18-32-51(54)58(52-33-17-28-44-43-26-13-16-34-53(43)59-55(44)52)41-35-36-49-46(37-41)42-25-11-15-30-48(42)57(49,39-21-7-3-8-22-39)40-23-9-4-10-24-40/h2-37H,1H3. The van der Waals surface area contributed by atoms with E-state index in [9.17, 15) is 0 Å². The van der Waals surface area contributed by atoms with E-state index in [0.717, 1.165) is 5.69 Å². The fourth-order valence-electron chi connectivity index (χ4n) is 10.7. The van der Waals surface area contributed by atoms with Crippen molar-refractivity contribution in [3.63, 3.8) is 0 Å². The smallest absolute Gasteiger partial charge is 0.0713 e. The molecule has 9 aromatic carbocycles. The molecule has 59 heavy (non-hydrogen) atoms. The Morgan fingerprint density at radius 3 is 1.68 bits per heavy atom. The monoisotopic (exact) mass is 769 g/mol. The molecule has 0 N–H and O–H groups in total. The quantitative estimate of drug-likeness (QED) is 0.163. The minimum absolute atomic E-state index is 0.319. The molecule has 0 fully saturated rings. The van der Waals surface area contributed by atoms with Gasteiger partial charge in [0.25, 0.3) is 0 Å². The SMILES string of the molecule is CC1(c2ccccc2)c2ccccc2-c2c(N(c3ccc4c(c3)-c3ccccc3C4(c3ccccc3)c3ccccc3)c3cccc4c3sc3ccccc34)cccc21. The third-order valence-electron chi connectivity index (χ3n) is 13.2. The largest absolute Gasteiger partial charge is 0.308 e. The van der Waals surface area contributed by atoms with Gasteiger partial charge in [0.15, 0.2) is 0 Å². The van der Waals surface area contributed by atoms with E-state index in [1.807, 2.05) is 11.3 Å². The summed E-state index contributed by atoms with van der Waals surface area (Å²) in [4.78, 5) is 2.57. The zero-order valence-electron chi connectivity index (χ0n) is 32.6. The van der Waals surface area contributed by atoms with Crippen molar-refractivity contribution in [1.82, 2.24) is 0 Å². The van der Waals surface area contributed by atoms with Gasteiger partial charge in [-0.15, -0.1) is 11.3 Å². The number of fused-ring (bicyclic) bond motifs is 9. The Kier molecular flexibility index (Phi) is 7.51. The summed E-state index contributed by atoms with van der Waals surface area (Å²) in [6.45, 7) is 2.41. The van der Waals surface area contributed by atoms with Crippen LogP contribution >= 0.6 is 11.3 Å². The van der Waals surface area contributed by atoms with Crippen LogP contribution < -0.4 is 4.90 Å². The fraction of sp³-hybridized carbons (Fsp3) is 0.0526. The van der Waals surface area contributed by atoms with Gasteiger partial charge in [-0.25, -0.2) is 0 Å². The first-order chi connectivity index (χ1) is 29.2. The molecule has 2 aliphatic rings. The Bertz CT molecular complexity index is 3200. The van der Waals surface area contributed by atoms with E-state index in [-0.39, 0.29) is 5.41 Å².